The first-order chi connectivity index (χ1) is 14.5. The van der Waals surface area contributed by atoms with Crippen LogP contribution in [0.5, 0.6) is 5.75 Å². The van der Waals surface area contributed by atoms with Gasteiger partial charge in [0, 0.05) is 11.3 Å². The van der Waals surface area contributed by atoms with Crippen molar-refractivity contribution in [2.24, 2.45) is 0 Å². The highest BCUT2D eigenvalue weighted by Gasteiger charge is 2.26. The lowest BCUT2D eigenvalue weighted by Gasteiger charge is -2.16. The third-order valence-corrected chi connectivity index (χ3v) is 5.49. The molecule has 5 nitrogen and oxygen atoms in total. The van der Waals surface area contributed by atoms with E-state index in [0.717, 1.165) is 42.6 Å². The maximum Gasteiger partial charge on any atom is 0.272 e. The number of nitrogens with zero attached hydrogens (tertiary/aromatic N) is 2. The number of carbonyl (C=O) groups excluding carboxylic acids is 1. The highest BCUT2D eigenvalue weighted by molar-refractivity contribution is 5.94. The van der Waals surface area contributed by atoms with E-state index >= 15 is 0 Å². The Kier molecular flexibility index (Phi) is 5.53. The summed E-state index contributed by atoms with van der Waals surface area (Å²) < 4.78 is 34.0. The summed E-state index contributed by atoms with van der Waals surface area (Å²) in [6.45, 7) is 1.79. The first-order valence-corrected chi connectivity index (χ1v) is 9.99. The van der Waals surface area contributed by atoms with Crippen molar-refractivity contribution in [2.45, 2.75) is 38.6 Å². The Morgan fingerprint density at radius 3 is 2.57 bits per heavy atom. The molecule has 0 saturated carbocycles. The molecule has 3 aromatic rings. The van der Waals surface area contributed by atoms with Gasteiger partial charge in [-0.3, -0.25) is 4.79 Å². The number of methoxy groups -OCH3 is 1. The van der Waals surface area contributed by atoms with E-state index in [2.05, 4.69) is 10.4 Å². The molecule has 1 aliphatic rings. The van der Waals surface area contributed by atoms with Crippen molar-refractivity contribution >= 4 is 5.91 Å². The molecule has 1 aromatic heterocycles. The molecular weight excluding hydrogens is 388 g/mol. The largest absolute Gasteiger partial charge is 0.494 e. The maximum atomic E-state index is 14.0. The molecular formula is C23H23F2N3O2. The lowest BCUT2D eigenvalue weighted by molar-refractivity contribution is 0.0933. The van der Waals surface area contributed by atoms with Gasteiger partial charge in [0.05, 0.1) is 18.8 Å². The topological polar surface area (TPSA) is 56.1 Å². The molecule has 0 unspecified atom stereocenters. The van der Waals surface area contributed by atoms with Gasteiger partial charge in [-0.1, -0.05) is 6.07 Å². The third-order valence-electron chi connectivity index (χ3n) is 5.49. The van der Waals surface area contributed by atoms with Crippen LogP contribution in [0.3, 0.4) is 0 Å². The van der Waals surface area contributed by atoms with Gasteiger partial charge in [0.25, 0.3) is 5.91 Å². The molecule has 0 radical (unpaired) electrons. The molecule has 1 aliphatic carbocycles. The van der Waals surface area contributed by atoms with Crippen LogP contribution in [0.15, 0.2) is 42.5 Å². The van der Waals surface area contributed by atoms with Crippen LogP contribution in [0.2, 0.25) is 0 Å². The smallest absolute Gasteiger partial charge is 0.272 e. The van der Waals surface area contributed by atoms with E-state index in [1.165, 1.54) is 25.3 Å². The van der Waals surface area contributed by atoms with Gasteiger partial charge in [0.15, 0.2) is 17.3 Å². The average Bonchev–Trinajstić information content (AvgIpc) is 3.14. The Hall–Kier alpha value is -3.22. The summed E-state index contributed by atoms with van der Waals surface area (Å²) in [5.74, 6) is -0.950. The van der Waals surface area contributed by atoms with Gasteiger partial charge in [-0.05, 0) is 74.6 Å². The molecule has 2 aromatic carbocycles. The summed E-state index contributed by atoms with van der Waals surface area (Å²) in [6, 6.07) is 10.3. The summed E-state index contributed by atoms with van der Waals surface area (Å²) in [7, 11) is 1.41. The Morgan fingerprint density at radius 1 is 1.13 bits per heavy atom. The Bertz CT molecular complexity index is 1080. The quantitative estimate of drug-likeness (QED) is 0.671. The molecule has 0 spiro atoms. The van der Waals surface area contributed by atoms with E-state index in [0.29, 0.717) is 11.3 Å². The maximum absolute atomic E-state index is 14.0. The zero-order valence-corrected chi connectivity index (χ0v) is 16.9. The fourth-order valence-corrected chi connectivity index (χ4v) is 3.88. The zero-order valence-electron chi connectivity index (χ0n) is 16.9. The van der Waals surface area contributed by atoms with Gasteiger partial charge in [0.2, 0.25) is 0 Å². The molecule has 30 heavy (non-hydrogen) atoms. The second-order valence-electron chi connectivity index (χ2n) is 7.46. The third kappa shape index (κ3) is 3.79. The van der Waals surface area contributed by atoms with Crippen LogP contribution in [-0.2, 0) is 12.8 Å². The summed E-state index contributed by atoms with van der Waals surface area (Å²) in [5.41, 5.74) is 3.64. The minimum Gasteiger partial charge on any atom is -0.494 e. The Labute approximate surface area is 173 Å². The van der Waals surface area contributed by atoms with Gasteiger partial charge in [-0.15, -0.1) is 0 Å². The second-order valence-corrected chi connectivity index (χ2v) is 7.46. The summed E-state index contributed by atoms with van der Waals surface area (Å²) >= 11 is 0. The predicted octanol–water partition coefficient (Wildman–Crippen LogP) is 4.53. The SMILES string of the molecule is COc1ccc([C@@H](C)NC(=O)c2nn(-c3ccc(F)cc3)c3c2CCCC3)cc1F. The Balaban J connectivity index is 1.62. The van der Waals surface area contributed by atoms with Crippen molar-refractivity contribution in [1.82, 2.24) is 15.1 Å². The fraction of sp³-hybridized carbons (Fsp3) is 0.304. The average molecular weight is 411 g/mol. The van der Waals surface area contributed by atoms with Gasteiger partial charge >= 0.3 is 0 Å². The number of amides is 1. The summed E-state index contributed by atoms with van der Waals surface area (Å²) in [5, 5.41) is 7.49. The van der Waals surface area contributed by atoms with Gasteiger partial charge in [-0.2, -0.15) is 5.10 Å². The van der Waals surface area contributed by atoms with Crippen molar-refractivity contribution in [1.29, 1.82) is 0 Å². The van der Waals surface area contributed by atoms with Crippen LogP contribution in [-0.4, -0.2) is 22.8 Å². The Morgan fingerprint density at radius 2 is 1.87 bits per heavy atom. The minimum atomic E-state index is -0.478. The molecule has 1 heterocycles. The van der Waals surface area contributed by atoms with Gasteiger partial charge < -0.3 is 10.1 Å². The van der Waals surface area contributed by atoms with E-state index in [9.17, 15) is 13.6 Å². The number of hydrogen-bond donors (Lipinski definition) is 1. The fourth-order valence-electron chi connectivity index (χ4n) is 3.88. The highest BCUT2D eigenvalue weighted by atomic mass is 19.1. The number of hydrogen-bond acceptors (Lipinski definition) is 3. The first-order valence-electron chi connectivity index (χ1n) is 9.99. The van der Waals surface area contributed by atoms with Gasteiger partial charge in [-0.25, -0.2) is 13.5 Å². The van der Waals surface area contributed by atoms with E-state index in [4.69, 9.17) is 4.74 Å². The number of halogens is 2. The van der Waals surface area contributed by atoms with Crippen LogP contribution < -0.4 is 10.1 Å². The van der Waals surface area contributed by atoms with Crippen LogP contribution in [0.1, 0.15) is 53.1 Å². The number of aromatic nitrogens is 2. The van der Waals surface area contributed by atoms with E-state index in [-0.39, 0.29) is 17.5 Å². The van der Waals surface area contributed by atoms with Crippen molar-refractivity contribution in [3.05, 3.63) is 76.6 Å². The normalized spacial score (nSPS) is 14.1. The van der Waals surface area contributed by atoms with Crippen LogP contribution in [0, 0.1) is 11.6 Å². The number of benzene rings is 2. The second kappa shape index (κ2) is 8.26. The van der Waals surface area contributed by atoms with Crippen molar-refractivity contribution in [2.75, 3.05) is 7.11 Å². The minimum absolute atomic E-state index is 0.157. The molecule has 156 valence electrons. The number of carbonyl (C=O) groups is 1. The lowest BCUT2D eigenvalue weighted by atomic mass is 9.95. The number of fused-ring (bicyclic) bond motifs is 1. The molecule has 7 heteroatoms. The van der Waals surface area contributed by atoms with E-state index in [1.807, 2.05) is 0 Å². The summed E-state index contributed by atoms with van der Waals surface area (Å²) in [4.78, 5) is 13.0. The van der Waals surface area contributed by atoms with Crippen molar-refractivity contribution in [3.8, 4) is 11.4 Å². The number of ether oxygens (including phenoxy) is 1. The lowest BCUT2D eigenvalue weighted by Crippen LogP contribution is -2.28. The standard InChI is InChI=1S/C23H23F2N3O2/c1-14(15-7-12-21(30-2)19(25)13-15)26-23(29)22-18-5-3-4-6-20(18)28(27-22)17-10-8-16(24)9-11-17/h7-14H,3-6H2,1-2H3,(H,26,29)/t14-/m1/s1. The van der Waals surface area contributed by atoms with Crippen molar-refractivity contribution in [3.63, 3.8) is 0 Å². The molecule has 1 atom stereocenters. The molecule has 0 fully saturated rings. The molecule has 0 saturated heterocycles. The van der Waals surface area contributed by atoms with Gasteiger partial charge in [0.1, 0.15) is 5.82 Å². The highest BCUT2D eigenvalue weighted by Crippen LogP contribution is 2.28. The molecule has 1 amide bonds. The van der Waals surface area contributed by atoms with Crippen LogP contribution in [0.4, 0.5) is 8.78 Å². The van der Waals surface area contributed by atoms with Crippen LogP contribution >= 0.6 is 0 Å². The van der Waals surface area contributed by atoms with E-state index in [1.54, 1.807) is 35.9 Å². The van der Waals surface area contributed by atoms with Crippen LogP contribution in [0.25, 0.3) is 5.69 Å². The summed E-state index contributed by atoms with van der Waals surface area (Å²) in [6.07, 6.45) is 3.58. The first kappa shape index (κ1) is 20.1. The number of rotatable bonds is 5. The molecule has 1 N–H and O–H groups in total. The van der Waals surface area contributed by atoms with E-state index < -0.39 is 11.9 Å². The molecule has 0 aliphatic heterocycles. The molecule has 4 rings (SSSR count). The zero-order chi connectivity index (χ0) is 21.3. The number of nitrogens with one attached hydrogen (secondary N) is 1. The molecule has 0 bridgehead atoms. The predicted molar refractivity (Wildman–Crippen MR) is 109 cm³/mol. The monoisotopic (exact) mass is 411 g/mol. The van der Waals surface area contributed by atoms with Crippen molar-refractivity contribution < 1.29 is 18.3 Å².